The van der Waals surface area contributed by atoms with E-state index in [1.165, 1.54) is 23.3 Å². The van der Waals surface area contributed by atoms with Crippen molar-refractivity contribution in [3.63, 3.8) is 0 Å². The lowest BCUT2D eigenvalue weighted by Gasteiger charge is -2.40. The van der Waals surface area contributed by atoms with Crippen molar-refractivity contribution in [1.82, 2.24) is 15.5 Å². The van der Waals surface area contributed by atoms with Gasteiger partial charge in [0.2, 0.25) is 5.91 Å². The first kappa shape index (κ1) is 25.5. The Labute approximate surface area is 217 Å². The molecule has 3 unspecified atom stereocenters. The summed E-state index contributed by atoms with van der Waals surface area (Å²) in [6, 6.07) is 9.82. The summed E-state index contributed by atoms with van der Waals surface area (Å²) in [5.41, 5.74) is 4.31. The zero-order chi connectivity index (χ0) is 25.4. The fraction of sp³-hybridized carbons (Fsp3) is 0.536. The number of carbonyl (C=O) groups excluding carboxylic acids is 1. The summed E-state index contributed by atoms with van der Waals surface area (Å²) in [5.74, 6) is 0.513. The lowest BCUT2D eigenvalue weighted by atomic mass is 9.94. The van der Waals surface area contributed by atoms with Gasteiger partial charge >= 0.3 is 0 Å². The standard InChI is InChI=1S/C28H35ClFN3O3/c1-16-17(2)26(36-15-20-5-10-27(34)31-20)9-4-19(16)14-33-22-6-7-23(33)13-21(12-22)32-28(35)18-3-8-25(30)24(29)11-18/h3-4,8-9,11,20-23,28,32,35H,5-7,10,12-15H2,1-2H3,(H,31,34)/t20-,21?,22?,23?,28?/m0/s1. The Kier molecular flexibility index (Phi) is 7.54. The number of amides is 1. The van der Waals surface area contributed by atoms with Crippen LogP contribution in [0.3, 0.4) is 0 Å². The number of rotatable bonds is 8. The number of nitrogens with one attached hydrogen (secondary N) is 2. The Morgan fingerprint density at radius 2 is 1.92 bits per heavy atom. The molecule has 1 amide bonds. The van der Waals surface area contributed by atoms with E-state index in [-0.39, 0.29) is 23.0 Å². The molecule has 2 aromatic rings. The van der Waals surface area contributed by atoms with Gasteiger partial charge in [0.15, 0.2) is 0 Å². The van der Waals surface area contributed by atoms with Crippen molar-refractivity contribution in [2.75, 3.05) is 6.61 Å². The second-order valence-corrected chi connectivity index (χ2v) is 11.0. The van der Waals surface area contributed by atoms with Gasteiger partial charge in [-0.25, -0.2) is 4.39 Å². The highest BCUT2D eigenvalue weighted by atomic mass is 35.5. The van der Waals surface area contributed by atoms with Crippen LogP contribution in [0.2, 0.25) is 5.02 Å². The minimum absolute atomic E-state index is 0.0237. The van der Waals surface area contributed by atoms with Crippen LogP contribution >= 0.6 is 11.6 Å². The van der Waals surface area contributed by atoms with Gasteiger partial charge in [-0.05, 0) is 86.4 Å². The van der Waals surface area contributed by atoms with Gasteiger partial charge in [-0.3, -0.25) is 15.0 Å². The van der Waals surface area contributed by atoms with Gasteiger partial charge in [0.1, 0.15) is 24.4 Å². The molecular formula is C28H35ClFN3O3. The number of benzene rings is 2. The molecule has 0 saturated carbocycles. The number of piperidine rings is 1. The van der Waals surface area contributed by atoms with Gasteiger partial charge < -0.3 is 15.2 Å². The lowest BCUT2D eigenvalue weighted by molar-refractivity contribution is -0.119. The molecule has 5 rings (SSSR count). The molecule has 3 fully saturated rings. The van der Waals surface area contributed by atoms with Crippen LogP contribution in [0, 0.1) is 19.7 Å². The van der Waals surface area contributed by atoms with Gasteiger partial charge in [0.25, 0.3) is 0 Å². The Bertz CT molecular complexity index is 1120. The Morgan fingerprint density at radius 1 is 1.17 bits per heavy atom. The maximum atomic E-state index is 13.5. The largest absolute Gasteiger partial charge is 0.491 e. The Morgan fingerprint density at radius 3 is 2.58 bits per heavy atom. The molecule has 4 atom stereocenters. The van der Waals surface area contributed by atoms with Crippen molar-refractivity contribution >= 4 is 17.5 Å². The maximum Gasteiger partial charge on any atom is 0.220 e. The first-order chi connectivity index (χ1) is 17.3. The van der Waals surface area contributed by atoms with Crippen LogP contribution in [-0.4, -0.2) is 46.7 Å². The second-order valence-electron chi connectivity index (χ2n) is 10.6. The molecule has 2 bridgehead atoms. The summed E-state index contributed by atoms with van der Waals surface area (Å²) in [4.78, 5) is 14.1. The van der Waals surface area contributed by atoms with E-state index >= 15 is 0 Å². The fourth-order valence-corrected chi connectivity index (χ4v) is 6.23. The van der Waals surface area contributed by atoms with E-state index in [0.717, 1.165) is 50.0 Å². The Hall–Kier alpha value is -2.19. The second kappa shape index (κ2) is 10.7. The molecule has 6 nitrogen and oxygen atoms in total. The van der Waals surface area contributed by atoms with E-state index in [2.05, 4.69) is 41.5 Å². The van der Waals surface area contributed by atoms with Crippen LogP contribution in [0.4, 0.5) is 4.39 Å². The molecule has 3 aliphatic heterocycles. The molecule has 194 valence electrons. The first-order valence-corrected chi connectivity index (χ1v) is 13.3. The van der Waals surface area contributed by atoms with Gasteiger partial charge in [-0.1, -0.05) is 23.7 Å². The smallest absolute Gasteiger partial charge is 0.220 e. The average molecular weight is 516 g/mol. The van der Waals surface area contributed by atoms with Crippen LogP contribution in [0.1, 0.15) is 67.0 Å². The molecule has 3 N–H and O–H groups in total. The molecule has 8 heteroatoms. The molecule has 3 saturated heterocycles. The van der Waals surface area contributed by atoms with Crippen molar-refractivity contribution in [2.24, 2.45) is 0 Å². The number of halogens is 2. The third-order valence-corrected chi connectivity index (χ3v) is 8.55. The van der Waals surface area contributed by atoms with Gasteiger partial charge in [0.05, 0.1) is 11.1 Å². The molecule has 0 radical (unpaired) electrons. The zero-order valence-electron chi connectivity index (χ0n) is 20.9. The van der Waals surface area contributed by atoms with E-state index in [1.54, 1.807) is 6.07 Å². The number of fused-ring (bicyclic) bond motifs is 2. The van der Waals surface area contributed by atoms with E-state index < -0.39 is 12.0 Å². The van der Waals surface area contributed by atoms with Crippen molar-refractivity contribution < 1.29 is 19.0 Å². The predicted molar refractivity (Wildman–Crippen MR) is 137 cm³/mol. The molecular weight excluding hydrogens is 481 g/mol. The third-order valence-electron chi connectivity index (χ3n) is 8.26. The normalized spacial score (nSPS) is 26.8. The third kappa shape index (κ3) is 5.40. The van der Waals surface area contributed by atoms with Crippen LogP contribution in [0.5, 0.6) is 5.75 Å². The van der Waals surface area contributed by atoms with Gasteiger partial charge in [0, 0.05) is 31.1 Å². The molecule has 3 aliphatic rings. The average Bonchev–Trinajstić information content (AvgIpc) is 3.36. The highest BCUT2D eigenvalue weighted by molar-refractivity contribution is 6.30. The quantitative estimate of drug-likeness (QED) is 0.450. The number of hydrogen-bond donors (Lipinski definition) is 3. The van der Waals surface area contributed by atoms with Crippen LogP contribution < -0.4 is 15.4 Å². The summed E-state index contributed by atoms with van der Waals surface area (Å²) < 4.78 is 19.5. The van der Waals surface area contributed by atoms with E-state index in [0.29, 0.717) is 30.7 Å². The van der Waals surface area contributed by atoms with Crippen LogP contribution in [0.15, 0.2) is 30.3 Å². The summed E-state index contributed by atoms with van der Waals surface area (Å²) in [6.45, 7) is 5.68. The number of hydrogen-bond acceptors (Lipinski definition) is 5. The van der Waals surface area contributed by atoms with Crippen LogP contribution in [-0.2, 0) is 11.3 Å². The van der Waals surface area contributed by atoms with Gasteiger partial charge in [-0.15, -0.1) is 0 Å². The minimum atomic E-state index is -0.867. The van der Waals surface area contributed by atoms with Gasteiger partial charge in [-0.2, -0.15) is 0 Å². The summed E-state index contributed by atoms with van der Waals surface area (Å²) in [7, 11) is 0. The van der Waals surface area contributed by atoms with E-state index in [1.807, 2.05) is 0 Å². The molecule has 2 aromatic carbocycles. The number of ether oxygens (including phenoxy) is 1. The highest BCUT2D eigenvalue weighted by Gasteiger charge is 2.41. The van der Waals surface area contributed by atoms with Crippen molar-refractivity contribution in [3.8, 4) is 5.75 Å². The summed E-state index contributed by atoms with van der Waals surface area (Å²) in [6.07, 6.45) is 4.80. The molecule has 36 heavy (non-hydrogen) atoms. The van der Waals surface area contributed by atoms with Crippen LogP contribution in [0.25, 0.3) is 0 Å². The van der Waals surface area contributed by atoms with E-state index in [4.69, 9.17) is 16.3 Å². The lowest BCUT2D eigenvalue weighted by Crippen LogP contribution is -2.49. The topological polar surface area (TPSA) is 73.8 Å². The molecule has 0 aromatic heterocycles. The fourth-order valence-electron chi connectivity index (χ4n) is 6.04. The summed E-state index contributed by atoms with van der Waals surface area (Å²) in [5, 5.41) is 17.0. The number of carbonyl (C=O) groups is 1. The monoisotopic (exact) mass is 515 g/mol. The minimum Gasteiger partial charge on any atom is -0.491 e. The van der Waals surface area contributed by atoms with Crippen molar-refractivity contribution in [2.45, 2.75) is 89.3 Å². The number of aliphatic hydroxyl groups excluding tert-OH is 1. The predicted octanol–water partition coefficient (Wildman–Crippen LogP) is 4.53. The first-order valence-electron chi connectivity index (χ1n) is 12.9. The van der Waals surface area contributed by atoms with Crippen molar-refractivity contribution in [3.05, 3.63) is 63.4 Å². The molecule has 0 aliphatic carbocycles. The molecule has 0 spiro atoms. The highest BCUT2D eigenvalue weighted by Crippen LogP contribution is 2.38. The molecule has 3 heterocycles. The summed E-state index contributed by atoms with van der Waals surface area (Å²) >= 11 is 5.90. The SMILES string of the molecule is Cc1c(CN2C3CCC2CC(NC(O)c2ccc(F)c(Cl)c2)C3)ccc(OC[C@@H]2CCC(=O)N2)c1C. The zero-order valence-corrected chi connectivity index (χ0v) is 21.7. The number of nitrogens with zero attached hydrogens (tertiary/aromatic N) is 1. The van der Waals surface area contributed by atoms with E-state index in [9.17, 15) is 14.3 Å². The van der Waals surface area contributed by atoms with Crippen molar-refractivity contribution in [1.29, 1.82) is 0 Å². The number of aliphatic hydroxyl groups is 1. The maximum absolute atomic E-state index is 13.5. The Balaban J connectivity index is 1.19.